The van der Waals surface area contributed by atoms with Crippen LogP contribution in [0, 0.1) is 0 Å². The molecule has 0 saturated carbocycles. The minimum atomic E-state index is -0.542. The maximum atomic E-state index is 6.63. The first-order chi connectivity index (χ1) is 30.7. The Labute approximate surface area is 358 Å². The molecule has 0 amide bonds. The predicted octanol–water partition coefficient (Wildman–Crippen LogP) is 13.9. The highest BCUT2D eigenvalue weighted by Crippen LogP contribution is 2.58. The lowest BCUT2D eigenvalue weighted by molar-refractivity contribution is 0.669. The summed E-state index contributed by atoms with van der Waals surface area (Å²) in [5, 5.41) is 0.980. The second-order valence-electron chi connectivity index (χ2n) is 15.7. The van der Waals surface area contributed by atoms with Crippen LogP contribution >= 0.6 is 0 Å². The van der Waals surface area contributed by atoms with Crippen LogP contribution in [0.15, 0.2) is 223 Å². The molecule has 0 aliphatic heterocycles. The summed E-state index contributed by atoms with van der Waals surface area (Å²) in [5.74, 6) is 1.79. The Balaban J connectivity index is 1.16. The van der Waals surface area contributed by atoms with Crippen LogP contribution in [-0.4, -0.2) is 19.9 Å². The number of pyridine rings is 1. The van der Waals surface area contributed by atoms with Gasteiger partial charge in [0.25, 0.3) is 0 Å². The molecule has 11 aromatic rings. The van der Waals surface area contributed by atoms with Crippen molar-refractivity contribution in [3.63, 3.8) is 0 Å². The van der Waals surface area contributed by atoms with E-state index in [2.05, 4.69) is 127 Å². The molecule has 12 rings (SSSR count). The lowest BCUT2D eigenvalue weighted by Crippen LogP contribution is -2.28. The van der Waals surface area contributed by atoms with Crippen LogP contribution in [0.1, 0.15) is 22.3 Å². The maximum Gasteiger partial charge on any atom is 0.164 e. The molecule has 0 atom stereocenters. The summed E-state index contributed by atoms with van der Waals surface area (Å²) < 4.78 is 6.63. The van der Waals surface area contributed by atoms with E-state index in [0.29, 0.717) is 17.5 Å². The first-order valence-electron chi connectivity index (χ1n) is 20.9. The number of para-hydroxylation sites is 1. The van der Waals surface area contributed by atoms with E-state index in [4.69, 9.17) is 24.4 Å². The van der Waals surface area contributed by atoms with E-state index in [1.54, 1.807) is 0 Å². The van der Waals surface area contributed by atoms with Crippen molar-refractivity contribution in [1.29, 1.82) is 0 Å². The number of hydrogen-bond donors (Lipinski definition) is 0. The topological polar surface area (TPSA) is 64.7 Å². The molecule has 3 heterocycles. The van der Waals surface area contributed by atoms with Gasteiger partial charge in [0.2, 0.25) is 0 Å². The van der Waals surface area contributed by atoms with Gasteiger partial charge in [-0.25, -0.2) is 15.0 Å². The van der Waals surface area contributed by atoms with Gasteiger partial charge in [-0.3, -0.25) is 4.98 Å². The number of aromatic nitrogens is 4. The van der Waals surface area contributed by atoms with E-state index >= 15 is 0 Å². The number of benzene rings is 8. The molecule has 0 radical (unpaired) electrons. The highest BCUT2D eigenvalue weighted by atomic mass is 16.3. The summed E-state index contributed by atoms with van der Waals surface area (Å²) in [6.07, 6.45) is 1.88. The SMILES string of the molecule is c1ccc(-c2nc(-c3ccccc3)nc(-c3cc(-c4cccc5c4-c4ccccc4C5(c4ccccc4)c4ccccc4)cc(-c4ccnc5c4oc4ccccc45)c3)n2)cc1. The third kappa shape index (κ3) is 5.63. The van der Waals surface area contributed by atoms with Gasteiger partial charge in [0.05, 0.1) is 5.41 Å². The summed E-state index contributed by atoms with van der Waals surface area (Å²) in [7, 11) is 0. The summed E-state index contributed by atoms with van der Waals surface area (Å²) >= 11 is 0. The quantitative estimate of drug-likeness (QED) is 0.161. The molecule has 0 unspecified atom stereocenters. The summed E-state index contributed by atoms with van der Waals surface area (Å²) in [4.78, 5) is 20.3. The normalized spacial score (nSPS) is 12.6. The Hall–Kier alpha value is -8.28. The number of furan rings is 1. The average molecular weight is 793 g/mol. The molecule has 0 fully saturated rings. The smallest absolute Gasteiger partial charge is 0.164 e. The molecule has 8 aromatic carbocycles. The Morgan fingerprint density at radius 1 is 0.371 bits per heavy atom. The van der Waals surface area contributed by atoms with E-state index in [9.17, 15) is 0 Å². The van der Waals surface area contributed by atoms with Crippen molar-refractivity contribution in [2.24, 2.45) is 0 Å². The minimum absolute atomic E-state index is 0.542. The zero-order valence-corrected chi connectivity index (χ0v) is 33.5. The monoisotopic (exact) mass is 792 g/mol. The van der Waals surface area contributed by atoms with Crippen LogP contribution in [-0.2, 0) is 5.41 Å². The molecule has 5 heteroatoms. The van der Waals surface area contributed by atoms with Crippen molar-refractivity contribution >= 4 is 22.1 Å². The van der Waals surface area contributed by atoms with Crippen molar-refractivity contribution in [3.8, 4) is 67.5 Å². The van der Waals surface area contributed by atoms with E-state index in [1.807, 2.05) is 91.1 Å². The largest absolute Gasteiger partial charge is 0.454 e. The summed E-state index contributed by atoms with van der Waals surface area (Å²) in [5.41, 5.74) is 15.9. The van der Waals surface area contributed by atoms with Crippen molar-refractivity contribution in [3.05, 3.63) is 241 Å². The van der Waals surface area contributed by atoms with Crippen molar-refractivity contribution < 1.29 is 4.42 Å². The fraction of sp³-hybridized carbons (Fsp3) is 0.0175. The van der Waals surface area contributed by atoms with E-state index in [0.717, 1.165) is 61.0 Å². The highest BCUT2D eigenvalue weighted by molar-refractivity contribution is 6.08. The van der Waals surface area contributed by atoms with Crippen LogP contribution in [0.2, 0.25) is 0 Å². The number of nitrogens with zero attached hydrogens (tertiary/aromatic N) is 4. The van der Waals surface area contributed by atoms with Gasteiger partial charge >= 0.3 is 0 Å². The van der Waals surface area contributed by atoms with Gasteiger partial charge < -0.3 is 4.42 Å². The summed E-state index contributed by atoms with van der Waals surface area (Å²) in [6.45, 7) is 0. The molecule has 0 N–H and O–H groups in total. The van der Waals surface area contributed by atoms with Crippen LogP contribution in [0.3, 0.4) is 0 Å². The van der Waals surface area contributed by atoms with Gasteiger partial charge in [0, 0.05) is 33.8 Å². The van der Waals surface area contributed by atoms with Gasteiger partial charge in [-0.2, -0.15) is 0 Å². The lowest BCUT2D eigenvalue weighted by atomic mass is 9.67. The zero-order chi connectivity index (χ0) is 41.0. The lowest BCUT2D eigenvalue weighted by Gasteiger charge is -2.34. The molecule has 1 aliphatic carbocycles. The second-order valence-corrected chi connectivity index (χ2v) is 15.7. The first-order valence-corrected chi connectivity index (χ1v) is 20.9. The Morgan fingerprint density at radius 3 is 1.53 bits per heavy atom. The third-order valence-corrected chi connectivity index (χ3v) is 12.3. The maximum absolute atomic E-state index is 6.63. The molecule has 0 saturated heterocycles. The van der Waals surface area contributed by atoms with Crippen LogP contribution in [0.5, 0.6) is 0 Å². The molecule has 5 nitrogen and oxygen atoms in total. The molecule has 62 heavy (non-hydrogen) atoms. The van der Waals surface area contributed by atoms with Gasteiger partial charge in [-0.05, 0) is 86.5 Å². The molecule has 3 aromatic heterocycles. The second kappa shape index (κ2) is 14.5. The average Bonchev–Trinajstić information content (AvgIpc) is 3.89. The van der Waals surface area contributed by atoms with E-state index in [-0.39, 0.29) is 0 Å². The van der Waals surface area contributed by atoms with Crippen LogP contribution in [0.25, 0.3) is 89.6 Å². The fourth-order valence-electron chi connectivity index (χ4n) is 9.57. The van der Waals surface area contributed by atoms with E-state index < -0.39 is 5.41 Å². The van der Waals surface area contributed by atoms with Crippen LogP contribution < -0.4 is 0 Å². The Morgan fingerprint density at radius 2 is 0.871 bits per heavy atom. The molecule has 290 valence electrons. The van der Waals surface area contributed by atoms with Crippen molar-refractivity contribution in [2.45, 2.75) is 5.41 Å². The molecule has 1 aliphatic rings. The van der Waals surface area contributed by atoms with Gasteiger partial charge in [0.15, 0.2) is 23.1 Å². The first kappa shape index (κ1) is 35.6. The molecule has 0 spiro atoms. The molecular formula is C57H36N4O. The van der Waals surface area contributed by atoms with Crippen molar-refractivity contribution in [1.82, 2.24) is 19.9 Å². The van der Waals surface area contributed by atoms with Gasteiger partial charge in [0.1, 0.15) is 11.1 Å². The molecule has 0 bridgehead atoms. The summed E-state index contributed by atoms with van der Waals surface area (Å²) in [6, 6.07) is 74.6. The predicted molar refractivity (Wildman–Crippen MR) is 249 cm³/mol. The standard InChI is InChI=1S/C57H36N4O/c1-5-18-37(19-6-1)54-59-55(38-20-7-2-8-21-38)61-56(60-54)41-35-39(34-40(36-41)45-32-33-58-52-47-27-14-16-31-50(47)62-53(45)52)44-28-17-30-49-51(44)46-26-13-15-29-48(46)57(49,42-22-9-3-10-23-42)43-24-11-4-12-25-43/h1-36H. The third-order valence-electron chi connectivity index (χ3n) is 12.3. The Kier molecular flexibility index (Phi) is 8.32. The number of fused-ring (bicyclic) bond motifs is 6. The number of hydrogen-bond acceptors (Lipinski definition) is 5. The minimum Gasteiger partial charge on any atom is -0.454 e. The van der Waals surface area contributed by atoms with Crippen molar-refractivity contribution in [2.75, 3.05) is 0 Å². The highest BCUT2D eigenvalue weighted by Gasteiger charge is 2.46. The van der Waals surface area contributed by atoms with E-state index in [1.165, 1.54) is 33.4 Å². The number of rotatable bonds is 7. The Bertz CT molecular complexity index is 3360. The van der Waals surface area contributed by atoms with Gasteiger partial charge in [-0.15, -0.1) is 0 Å². The fourth-order valence-corrected chi connectivity index (χ4v) is 9.57. The zero-order valence-electron chi connectivity index (χ0n) is 33.5. The van der Waals surface area contributed by atoms with Gasteiger partial charge in [-0.1, -0.05) is 176 Å². The molecular weight excluding hydrogens is 757 g/mol. The van der Waals surface area contributed by atoms with Crippen LogP contribution in [0.4, 0.5) is 0 Å².